The molecule has 0 saturated heterocycles. The lowest BCUT2D eigenvalue weighted by atomic mass is 10.1. The summed E-state index contributed by atoms with van der Waals surface area (Å²) in [4.78, 5) is 16.6. The molecule has 20 heavy (non-hydrogen) atoms. The first-order valence-corrected chi connectivity index (χ1v) is 7.51. The third-order valence-electron chi connectivity index (χ3n) is 3.50. The van der Waals surface area contributed by atoms with Gasteiger partial charge in [-0.05, 0) is 38.3 Å². The van der Waals surface area contributed by atoms with Crippen molar-refractivity contribution >= 4 is 23.4 Å². The number of carbonyl (C=O) groups is 1. The van der Waals surface area contributed by atoms with Crippen LogP contribution < -0.4 is 5.32 Å². The predicted molar refractivity (Wildman–Crippen MR) is 79.0 cm³/mol. The Morgan fingerprint density at radius 1 is 1.35 bits per heavy atom. The van der Waals surface area contributed by atoms with E-state index < -0.39 is 0 Å². The fraction of sp³-hybridized carbons (Fsp3) is 0.333. The Morgan fingerprint density at radius 2 is 2.15 bits per heavy atom. The molecule has 0 unspecified atom stereocenters. The molecule has 4 nitrogen and oxygen atoms in total. The molecule has 0 saturated carbocycles. The zero-order valence-electron chi connectivity index (χ0n) is 11.5. The highest BCUT2D eigenvalue weighted by molar-refractivity contribution is 8.00. The largest absolute Gasteiger partial charge is 0.437 e. The van der Waals surface area contributed by atoms with Gasteiger partial charge in [0.05, 0.1) is 10.9 Å². The van der Waals surface area contributed by atoms with Crippen molar-refractivity contribution in [3.63, 3.8) is 0 Å². The van der Waals surface area contributed by atoms with Crippen LogP contribution in [0, 0.1) is 13.8 Å². The number of hydrogen-bond donors (Lipinski definition) is 1. The molecule has 1 aliphatic rings. The molecular weight excluding hydrogens is 272 g/mol. The maximum absolute atomic E-state index is 12.3. The van der Waals surface area contributed by atoms with Gasteiger partial charge in [0.1, 0.15) is 5.76 Å². The first kappa shape index (κ1) is 13.2. The fourth-order valence-corrected chi connectivity index (χ4v) is 3.23. The van der Waals surface area contributed by atoms with Gasteiger partial charge in [-0.25, -0.2) is 4.98 Å². The van der Waals surface area contributed by atoms with Crippen LogP contribution in [0.3, 0.4) is 0 Å². The Balaban J connectivity index is 1.78. The van der Waals surface area contributed by atoms with Crippen molar-refractivity contribution in [2.24, 2.45) is 0 Å². The van der Waals surface area contributed by atoms with Gasteiger partial charge in [-0.3, -0.25) is 4.79 Å². The van der Waals surface area contributed by atoms with E-state index in [1.165, 1.54) is 17.3 Å². The fourth-order valence-electron chi connectivity index (χ4n) is 2.22. The zero-order chi connectivity index (χ0) is 14.1. The van der Waals surface area contributed by atoms with Gasteiger partial charge in [-0.1, -0.05) is 30.0 Å². The van der Waals surface area contributed by atoms with Crippen LogP contribution in [0.4, 0.5) is 5.69 Å². The van der Waals surface area contributed by atoms with Gasteiger partial charge in [0.25, 0.3) is 5.22 Å². The molecule has 0 bridgehead atoms. The average molecular weight is 288 g/mol. The molecule has 0 radical (unpaired) electrons. The number of rotatable bonds is 2. The van der Waals surface area contributed by atoms with Gasteiger partial charge in [0.15, 0.2) is 0 Å². The van der Waals surface area contributed by atoms with E-state index in [1.54, 1.807) is 0 Å². The number of anilines is 1. The topological polar surface area (TPSA) is 55.1 Å². The monoisotopic (exact) mass is 288 g/mol. The van der Waals surface area contributed by atoms with E-state index in [1.807, 2.05) is 32.0 Å². The minimum Gasteiger partial charge on any atom is -0.437 e. The van der Waals surface area contributed by atoms with Gasteiger partial charge in [-0.2, -0.15) is 0 Å². The molecule has 0 aliphatic carbocycles. The summed E-state index contributed by atoms with van der Waals surface area (Å²) in [6.45, 7) is 3.79. The molecule has 2 aromatic rings. The molecule has 3 rings (SSSR count). The molecule has 1 amide bonds. The van der Waals surface area contributed by atoms with Crippen molar-refractivity contribution in [1.82, 2.24) is 4.98 Å². The Labute approximate surface area is 122 Å². The molecule has 5 heteroatoms. The van der Waals surface area contributed by atoms with Crippen LogP contribution in [0.1, 0.15) is 23.4 Å². The van der Waals surface area contributed by atoms with Gasteiger partial charge in [-0.15, -0.1) is 0 Å². The number of fused-ring (bicyclic) bond motifs is 1. The summed E-state index contributed by atoms with van der Waals surface area (Å²) in [5.74, 6) is 0.832. The highest BCUT2D eigenvalue weighted by atomic mass is 32.2. The SMILES string of the molecule is Cc1nc(S[C@H]2CCc3ccccc3NC2=O)oc1C. The van der Waals surface area contributed by atoms with Crippen molar-refractivity contribution in [3.05, 3.63) is 41.3 Å². The van der Waals surface area contributed by atoms with E-state index in [-0.39, 0.29) is 11.2 Å². The van der Waals surface area contributed by atoms with Gasteiger partial charge >= 0.3 is 0 Å². The highest BCUT2D eigenvalue weighted by Gasteiger charge is 2.26. The molecule has 0 spiro atoms. The molecule has 1 aromatic heterocycles. The number of amides is 1. The van der Waals surface area contributed by atoms with Crippen LogP contribution in [0.5, 0.6) is 0 Å². The van der Waals surface area contributed by atoms with Crippen molar-refractivity contribution in [3.8, 4) is 0 Å². The third kappa shape index (κ3) is 2.58. The van der Waals surface area contributed by atoms with Gasteiger partial charge in [0.2, 0.25) is 5.91 Å². The molecular formula is C15H16N2O2S. The van der Waals surface area contributed by atoms with Crippen LogP contribution in [0.25, 0.3) is 0 Å². The van der Waals surface area contributed by atoms with Crippen LogP contribution in [0.2, 0.25) is 0 Å². The number of nitrogens with zero attached hydrogens (tertiary/aromatic N) is 1. The minimum atomic E-state index is -0.167. The number of thioether (sulfide) groups is 1. The number of hydrogen-bond acceptors (Lipinski definition) is 4. The van der Waals surface area contributed by atoms with Crippen molar-refractivity contribution in [2.45, 2.75) is 37.2 Å². The summed E-state index contributed by atoms with van der Waals surface area (Å²) in [6, 6.07) is 7.94. The smallest absolute Gasteiger partial charge is 0.256 e. The standard InChI is InChI=1S/C15H16N2O2S/c1-9-10(2)19-15(16-9)20-13-8-7-11-5-3-4-6-12(11)17-14(13)18/h3-6,13H,7-8H2,1-2H3,(H,17,18)/t13-/m0/s1. The number of oxazole rings is 1. The van der Waals surface area contributed by atoms with E-state index in [9.17, 15) is 4.79 Å². The number of aromatic nitrogens is 1. The van der Waals surface area contributed by atoms with E-state index in [0.717, 1.165) is 30.0 Å². The van der Waals surface area contributed by atoms with Crippen molar-refractivity contribution in [1.29, 1.82) is 0 Å². The lowest BCUT2D eigenvalue weighted by molar-refractivity contribution is -0.115. The second kappa shape index (κ2) is 5.32. The number of aryl methyl sites for hydroxylation is 3. The van der Waals surface area contributed by atoms with Crippen molar-refractivity contribution < 1.29 is 9.21 Å². The lowest BCUT2D eigenvalue weighted by Gasteiger charge is -2.09. The zero-order valence-corrected chi connectivity index (χ0v) is 12.3. The molecule has 1 aliphatic heterocycles. The first-order chi connectivity index (χ1) is 9.63. The Hall–Kier alpha value is -1.75. The average Bonchev–Trinajstić information content (AvgIpc) is 2.65. The van der Waals surface area contributed by atoms with Crippen LogP contribution in [0.15, 0.2) is 33.9 Å². The molecule has 104 valence electrons. The summed E-state index contributed by atoms with van der Waals surface area (Å²) in [7, 11) is 0. The quantitative estimate of drug-likeness (QED) is 0.921. The second-order valence-electron chi connectivity index (χ2n) is 4.91. The Morgan fingerprint density at radius 3 is 2.90 bits per heavy atom. The van der Waals surface area contributed by atoms with Crippen LogP contribution >= 0.6 is 11.8 Å². The summed E-state index contributed by atoms with van der Waals surface area (Å²) in [6.07, 6.45) is 1.67. The number of nitrogens with one attached hydrogen (secondary N) is 1. The van der Waals surface area contributed by atoms with E-state index in [4.69, 9.17) is 4.42 Å². The first-order valence-electron chi connectivity index (χ1n) is 6.63. The molecule has 2 heterocycles. The maximum atomic E-state index is 12.3. The van der Waals surface area contributed by atoms with Crippen LogP contribution in [-0.4, -0.2) is 16.1 Å². The summed E-state index contributed by atoms with van der Waals surface area (Å²) in [5.41, 5.74) is 2.98. The molecule has 1 atom stereocenters. The predicted octanol–water partition coefficient (Wildman–Crippen LogP) is 3.34. The lowest BCUT2D eigenvalue weighted by Crippen LogP contribution is -2.23. The summed E-state index contributed by atoms with van der Waals surface area (Å²) in [5, 5.41) is 3.39. The summed E-state index contributed by atoms with van der Waals surface area (Å²) < 4.78 is 5.56. The highest BCUT2D eigenvalue weighted by Crippen LogP contribution is 2.31. The Bertz CT molecular complexity index is 632. The van der Waals surface area contributed by atoms with E-state index in [2.05, 4.69) is 16.4 Å². The third-order valence-corrected chi connectivity index (χ3v) is 4.61. The Kier molecular flexibility index (Phi) is 3.53. The van der Waals surface area contributed by atoms with Gasteiger partial charge in [0, 0.05) is 5.69 Å². The second-order valence-corrected chi connectivity index (χ2v) is 6.07. The number of carbonyl (C=O) groups excluding carboxylic acids is 1. The van der Waals surface area contributed by atoms with Crippen LogP contribution in [-0.2, 0) is 11.2 Å². The van der Waals surface area contributed by atoms with Crippen molar-refractivity contribution in [2.75, 3.05) is 5.32 Å². The van der Waals surface area contributed by atoms with E-state index in [0.29, 0.717) is 5.22 Å². The molecule has 1 aromatic carbocycles. The normalized spacial score (nSPS) is 18.3. The van der Waals surface area contributed by atoms with Gasteiger partial charge < -0.3 is 9.73 Å². The summed E-state index contributed by atoms with van der Waals surface area (Å²) >= 11 is 1.40. The molecule has 1 N–H and O–H groups in total. The molecule has 0 fully saturated rings. The maximum Gasteiger partial charge on any atom is 0.256 e. The number of para-hydroxylation sites is 1. The number of benzene rings is 1. The van der Waals surface area contributed by atoms with E-state index >= 15 is 0 Å². The minimum absolute atomic E-state index is 0.0217.